The first-order chi connectivity index (χ1) is 8.43. The van der Waals surface area contributed by atoms with Gasteiger partial charge in [0.15, 0.2) is 11.5 Å². The normalized spacial score (nSPS) is 10.6. The Morgan fingerprint density at radius 3 is 2.65 bits per heavy atom. The molecule has 4 nitrogen and oxygen atoms in total. The van der Waals surface area contributed by atoms with Gasteiger partial charge in [0.1, 0.15) is 0 Å². The van der Waals surface area contributed by atoms with Gasteiger partial charge in [-0.3, -0.25) is 4.40 Å². The van der Waals surface area contributed by atoms with Crippen molar-refractivity contribution in [1.29, 1.82) is 0 Å². The fourth-order valence-corrected chi connectivity index (χ4v) is 1.75. The Labute approximate surface area is 98.9 Å². The number of pyridine rings is 1. The van der Waals surface area contributed by atoms with E-state index in [9.17, 15) is 0 Å². The van der Waals surface area contributed by atoms with Crippen molar-refractivity contribution in [2.45, 2.75) is 6.54 Å². The summed E-state index contributed by atoms with van der Waals surface area (Å²) in [5, 5.41) is 11.6. The fraction of sp³-hybridized carbons (Fsp3) is 0.0769. The predicted molar refractivity (Wildman–Crippen MR) is 66.8 cm³/mol. The van der Waals surface area contributed by atoms with E-state index in [1.165, 1.54) is 0 Å². The van der Waals surface area contributed by atoms with Gasteiger partial charge in [0, 0.05) is 11.9 Å². The lowest BCUT2D eigenvalue weighted by molar-refractivity contribution is 0.918. The summed E-state index contributed by atoms with van der Waals surface area (Å²) in [4.78, 5) is 0. The number of hydrogen-bond acceptors (Lipinski definition) is 3. The second-order valence-electron chi connectivity index (χ2n) is 3.76. The summed E-state index contributed by atoms with van der Waals surface area (Å²) >= 11 is 0. The minimum Gasteiger partial charge on any atom is -0.378 e. The van der Waals surface area contributed by atoms with Crippen molar-refractivity contribution in [2.24, 2.45) is 0 Å². The minimum absolute atomic E-state index is 0.662. The minimum atomic E-state index is 0.662. The van der Waals surface area contributed by atoms with Crippen molar-refractivity contribution in [2.75, 3.05) is 5.32 Å². The summed E-state index contributed by atoms with van der Waals surface area (Å²) in [6, 6.07) is 15.9. The topological polar surface area (TPSA) is 42.2 Å². The van der Waals surface area contributed by atoms with Crippen LogP contribution in [0.5, 0.6) is 0 Å². The van der Waals surface area contributed by atoms with Crippen LogP contribution < -0.4 is 5.32 Å². The van der Waals surface area contributed by atoms with Crippen LogP contribution in [0.3, 0.4) is 0 Å². The number of benzene rings is 1. The third-order valence-corrected chi connectivity index (χ3v) is 2.61. The van der Waals surface area contributed by atoms with Crippen LogP contribution in [0.25, 0.3) is 5.65 Å². The maximum absolute atomic E-state index is 4.16. The van der Waals surface area contributed by atoms with E-state index in [4.69, 9.17) is 0 Å². The van der Waals surface area contributed by atoms with Crippen LogP contribution in [0.2, 0.25) is 0 Å². The molecule has 0 bridgehead atoms. The highest BCUT2D eigenvalue weighted by atomic mass is 15.3. The Kier molecular flexibility index (Phi) is 2.46. The van der Waals surface area contributed by atoms with Gasteiger partial charge in [0.25, 0.3) is 0 Å². The first-order valence-electron chi connectivity index (χ1n) is 5.51. The molecule has 0 fully saturated rings. The molecule has 84 valence electrons. The van der Waals surface area contributed by atoms with E-state index in [1.807, 2.05) is 59.1 Å². The van der Waals surface area contributed by atoms with Crippen LogP contribution in [0.1, 0.15) is 5.82 Å². The highest BCUT2D eigenvalue weighted by Crippen LogP contribution is 2.08. The molecule has 0 spiro atoms. The molecular formula is C13H12N4. The number of rotatable bonds is 3. The monoisotopic (exact) mass is 224 g/mol. The first-order valence-corrected chi connectivity index (χ1v) is 5.51. The summed E-state index contributed by atoms with van der Waals surface area (Å²) in [5.74, 6) is 0.907. The molecule has 0 amide bonds. The second-order valence-corrected chi connectivity index (χ2v) is 3.76. The lowest BCUT2D eigenvalue weighted by Crippen LogP contribution is -2.03. The van der Waals surface area contributed by atoms with Crippen LogP contribution >= 0.6 is 0 Å². The van der Waals surface area contributed by atoms with Gasteiger partial charge in [-0.1, -0.05) is 24.3 Å². The van der Waals surface area contributed by atoms with E-state index in [1.54, 1.807) is 0 Å². The van der Waals surface area contributed by atoms with Gasteiger partial charge in [0.05, 0.1) is 6.54 Å². The lowest BCUT2D eigenvalue weighted by Gasteiger charge is -2.04. The molecule has 3 aromatic rings. The van der Waals surface area contributed by atoms with Crippen molar-refractivity contribution in [1.82, 2.24) is 14.6 Å². The van der Waals surface area contributed by atoms with E-state index in [0.717, 1.165) is 17.2 Å². The summed E-state index contributed by atoms with van der Waals surface area (Å²) in [6.45, 7) is 0.662. The van der Waals surface area contributed by atoms with Crippen LogP contribution in [-0.2, 0) is 6.54 Å². The Morgan fingerprint density at radius 1 is 0.941 bits per heavy atom. The highest BCUT2D eigenvalue weighted by molar-refractivity contribution is 5.43. The predicted octanol–water partition coefficient (Wildman–Crippen LogP) is 2.34. The molecule has 1 N–H and O–H groups in total. The molecule has 0 aliphatic rings. The smallest absolute Gasteiger partial charge is 0.160 e. The number of nitrogens with zero attached hydrogens (tertiary/aromatic N) is 3. The van der Waals surface area contributed by atoms with Gasteiger partial charge in [-0.05, 0) is 24.3 Å². The maximum atomic E-state index is 4.16. The van der Waals surface area contributed by atoms with Gasteiger partial charge in [-0.25, -0.2) is 0 Å². The second kappa shape index (κ2) is 4.25. The number of fused-ring (bicyclic) bond motifs is 1. The Morgan fingerprint density at radius 2 is 1.76 bits per heavy atom. The Bertz CT molecular complexity index is 615. The van der Waals surface area contributed by atoms with Gasteiger partial charge in [0.2, 0.25) is 0 Å². The Hall–Kier alpha value is -2.36. The SMILES string of the molecule is c1ccc(NCc2nnc3ccccn23)cc1. The number of aromatic nitrogens is 3. The maximum Gasteiger partial charge on any atom is 0.160 e. The number of anilines is 1. The average molecular weight is 224 g/mol. The van der Waals surface area contributed by atoms with Gasteiger partial charge >= 0.3 is 0 Å². The Balaban J connectivity index is 1.82. The van der Waals surface area contributed by atoms with Gasteiger partial charge in [-0.15, -0.1) is 10.2 Å². The molecule has 0 saturated carbocycles. The molecule has 0 atom stereocenters. The van der Waals surface area contributed by atoms with Crippen molar-refractivity contribution in [3.63, 3.8) is 0 Å². The zero-order valence-electron chi connectivity index (χ0n) is 9.24. The molecule has 3 rings (SSSR count). The summed E-state index contributed by atoms with van der Waals surface area (Å²) in [5.41, 5.74) is 1.96. The van der Waals surface area contributed by atoms with Crippen LogP contribution in [-0.4, -0.2) is 14.6 Å². The third-order valence-electron chi connectivity index (χ3n) is 2.61. The van der Waals surface area contributed by atoms with Crippen LogP contribution in [0.15, 0.2) is 54.7 Å². The zero-order valence-corrected chi connectivity index (χ0v) is 9.24. The van der Waals surface area contributed by atoms with Gasteiger partial charge in [-0.2, -0.15) is 0 Å². The van der Waals surface area contributed by atoms with E-state index < -0.39 is 0 Å². The van der Waals surface area contributed by atoms with E-state index in [0.29, 0.717) is 6.54 Å². The number of hydrogen-bond donors (Lipinski definition) is 1. The molecule has 0 aliphatic heterocycles. The number of para-hydroxylation sites is 1. The summed E-state index contributed by atoms with van der Waals surface area (Å²) < 4.78 is 1.98. The van der Waals surface area contributed by atoms with Crippen LogP contribution in [0, 0.1) is 0 Å². The third kappa shape index (κ3) is 1.97. The molecule has 1 aromatic carbocycles. The molecular weight excluding hydrogens is 212 g/mol. The first kappa shape index (κ1) is 9.84. The molecule has 2 aromatic heterocycles. The fourth-order valence-electron chi connectivity index (χ4n) is 1.75. The van der Waals surface area contributed by atoms with E-state index in [2.05, 4.69) is 15.5 Å². The average Bonchev–Trinajstić information content (AvgIpc) is 2.81. The largest absolute Gasteiger partial charge is 0.378 e. The zero-order chi connectivity index (χ0) is 11.5. The standard InChI is InChI=1S/C13H12N4/c1-2-6-11(7-3-1)14-10-13-16-15-12-8-4-5-9-17(12)13/h1-9,14H,10H2. The highest BCUT2D eigenvalue weighted by Gasteiger charge is 2.03. The van der Waals surface area contributed by atoms with Crippen molar-refractivity contribution < 1.29 is 0 Å². The van der Waals surface area contributed by atoms with E-state index >= 15 is 0 Å². The van der Waals surface area contributed by atoms with E-state index in [-0.39, 0.29) is 0 Å². The van der Waals surface area contributed by atoms with Crippen molar-refractivity contribution in [3.8, 4) is 0 Å². The summed E-state index contributed by atoms with van der Waals surface area (Å²) in [6.07, 6.45) is 1.97. The van der Waals surface area contributed by atoms with Gasteiger partial charge < -0.3 is 5.32 Å². The lowest BCUT2D eigenvalue weighted by atomic mass is 10.3. The molecule has 4 heteroatoms. The molecule has 17 heavy (non-hydrogen) atoms. The quantitative estimate of drug-likeness (QED) is 0.742. The number of nitrogens with one attached hydrogen (secondary N) is 1. The summed E-state index contributed by atoms with van der Waals surface area (Å²) in [7, 11) is 0. The molecule has 0 aliphatic carbocycles. The molecule has 0 unspecified atom stereocenters. The molecule has 0 radical (unpaired) electrons. The van der Waals surface area contributed by atoms with Crippen molar-refractivity contribution >= 4 is 11.3 Å². The van der Waals surface area contributed by atoms with Crippen LogP contribution in [0.4, 0.5) is 5.69 Å². The molecule has 0 saturated heterocycles. The molecule has 2 heterocycles. The van der Waals surface area contributed by atoms with Crippen molar-refractivity contribution in [3.05, 3.63) is 60.6 Å².